The quantitative estimate of drug-likeness (QED) is 0.651. The first-order valence-corrected chi connectivity index (χ1v) is 10.2. The van der Waals surface area contributed by atoms with Crippen LogP contribution in [0.15, 0.2) is 49.1 Å². The van der Waals surface area contributed by atoms with Gasteiger partial charge in [0.05, 0.1) is 18.1 Å². The maximum absolute atomic E-state index is 12.6. The Labute approximate surface area is 181 Å². The number of carbonyl (C=O) groups excluding carboxylic acids is 1. The summed E-state index contributed by atoms with van der Waals surface area (Å²) in [5, 5.41) is 2.84. The predicted octanol–water partition coefficient (Wildman–Crippen LogP) is 2.37. The van der Waals surface area contributed by atoms with Gasteiger partial charge >= 0.3 is 6.01 Å². The van der Waals surface area contributed by atoms with E-state index in [4.69, 9.17) is 4.74 Å². The lowest BCUT2D eigenvalue weighted by Crippen LogP contribution is -2.44. The number of rotatable bonds is 6. The van der Waals surface area contributed by atoms with Crippen LogP contribution in [0.2, 0.25) is 0 Å². The lowest BCUT2D eigenvalue weighted by Gasteiger charge is -2.31. The maximum atomic E-state index is 12.6. The summed E-state index contributed by atoms with van der Waals surface area (Å²) in [4.78, 5) is 34.1. The maximum Gasteiger partial charge on any atom is 0.321 e. The monoisotopic (exact) mass is 419 g/mol. The number of anilines is 1. The normalized spacial score (nSPS) is 14.9. The Balaban J connectivity index is 1.38. The minimum Gasteiger partial charge on any atom is -0.424 e. The first-order valence-electron chi connectivity index (χ1n) is 10.2. The Bertz CT molecular complexity index is 1020. The number of carbonyl (C=O) groups is 1. The molecule has 1 saturated heterocycles. The number of hydrogen-bond acceptors (Lipinski definition) is 8. The molecule has 0 saturated carbocycles. The van der Waals surface area contributed by atoms with Crippen LogP contribution in [0.5, 0.6) is 11.8 Å². The van der Waals surface area contributed by atoms with Crippen LogP contribution >= 0.6 is 0 Å². The van der Waals surface area contributed by atoms with Crippen molar-refractivity contribution in [2.24, 2.45) is 0 Å². The van der Waals surface area contributed by atoms with Gasteiger partial charge in [0.2, 0.25) is 0 Å². The third kappa shape index (κ3) is 5.59. The Hall–Kier alpha value is -3.43. The fraction of sp³-hybridized carbons (Fsp3) is 0.318. The van der Waals surface area contributed by atoms with Crippen LogP contribution in [-0.2, 0) is 6.54 Å². The molecule has 4 rings (SSSR count). The standard InChI is InChI=1S/C22H25N7O2/c1-16-4-5-17(12-20(16)31-22-23-6-3-7-24-22)27-21(30)19-14-25-18(13-26-19)15-29-10-8-28(2)9-11-29/h3-7,12-14H,8-11,15H2,1-2H3,(H,27,30). The number of aryl methyl sites for hydroxylation is 1. The Kier molecular flexibility index (Phi) is 6.44. The molecule has 9 heteroatoms. The van der Waals surface area contributed by atoms with Crippen molar-refractivity contribution in [1.29, 1.82) is 0 Å². The largest absolute Gasteiger partial charge is 0.424 e. The van der Waals surface area contributed by atoms with E-state index in [9.17, 15) is 4.79 Å². The Morgan fingerprint density at radius 3 is 2.55 bits per heavy atom. The van der Waals surface area contributed by atoms with Crippen LogP contribution in [0.3, 0.4) is 0 Å². The molecule has 160 valence electrons. The lowest BCUT2D eigenvalue weighted by atomic mass is 10.2. The zero-order valence-electron chi connectivity index (χ0n) is 17.7. The topological polar surface area (TPSA) is 96.4 Å². The number of aromatic nitrogens is 4. The highest BCUT2D eigenvalue weighted by Crippen LogP contribution is 2.26. The van der Waals surface area contributed by atoms with E-state index in [-0.39, 0.29) is 17.6 Å². The number of nitrogens with one attached hydrogen (secondary N) is 1. The number of benzene rings is 1. The van der Waals surface area contributed by atoms with E-state index < -0.39 is 0 Å². The molecular formula is C22H25N7O2. The average molecular weight is 419 g/mol. The van der Waals surface area contributed by atoms with Crippen molar-refractivity contribution in [1.82, 2.24) is 29.7 Å². The minimum atomic E-state index is -0.329. The van der Waals surface area contributed by atoms with Crippen LogP contribution in [0.25, 0.3) is 0 Å². The van der Waals surface area contributed by atoms with Crippen LogP contribution in [0.4, 0.5) is 5.69 Å². The van der Waals surface area contributed by atoms with Crippen LogP contribution < -0.4 is 10.1 Å². The highest BCUT2D eigenvalue weighted by molar-refractivity contribution is 6.02. The molecule has 3 heterocycles. The predicted molar refractivity (Wildman–Crippen MR) is 116 cm³/mol. The highest BCUT2D eigenvalue weighted by atomic mass is 16.5. The molecule has 0 unspecified atom stereocenters. The van der Waals surface area contributed by atoms with Gasteiger partial charge in [0.15, 0.2) is 0 Å². The van der Waals surface area contributed by atoms with E-state index >= 15 is 0 Å². The SMILES string of the molecule is Cc1ccc(NC(=O)c2cnc(CN3CCN(C)CC3)cn2)cc1Oc1ncccn1. The van der Waals surface area contributed by atoms with Gasteiger partial charge in [-0.3, -0.25) is 14.7 Å². The fourth-order valence-electron chi connectivity index (χ4n) is 3.21. The van der Waals surface area contributed by atoms with Gasteiger partial charge < -0.3 is 15.0 Å². The number of hydrogen-bond donors (Lipinski definition) is 1. The molecule has 0 spiro atoms. The number of amides is 1. The van der Waals surface area contributed by atoms with E-state index in [1.54, 1.807) is 36.8 Å². The third-order valence-electron chi connectivity index (χ3n) is 5.11. The van der Waals surface area contributed by atoms with E-state index in [2.05, 4.69) is 42.1 Å². The average Bonchev–Trinajstić information content (AvgIpc) is 2.79. The number of ether oxygens (including phenoxy) is 1. The first-order chi connectivity index (χ1) is 15.1. The van der Waals surface area contributed by atoms with Crippen molar-refractivity contribution >= 4 is 11.6 Å². The van der Waals surface area contributed by atoms with E-state index in [0.29, 0.717) is 11.4 Å². The molecule has 2 aromatic heterocycles. The molecule has 1 fully saturated rings. The number of piperazine rings is 1. The second-order valence-corrected chi connectivity index (χ2v) is 7.54. The van der Waals surface area contributed by atoms with Crippen molar-refractivity contribution in [3.8, 4) is 11.8 Å². The summed E-state index contributed by atoms with van der Waals surface area (Å²) in [5.41, 5.74) is 2.61. The van der Waals surface area contributed by atoms with Gasteiger partial charge in [0, 0.05) is 56.9 Å². The first kappa shape index (κ1) is 20.8. The minimum absolute atomic E-state index is 0.246. The molecule has 31 heavy (non-hydrogen) atoms. The van der Waals surface area contributed by atoms with Gasteiger partial charge in [0.25, 0.3) is 5.91 Å². The summed E-state index contributed by atoms with van der Waals surface area (Å²) in [6.45, 7) is 6.76. The molecule has 1 aliphatic heterocycles. The van der Waals surface area contributed by atoms with Gasteiger partial charge in [-0.2, -0.15) is 0 Å². The van der Waals surface area contributed by atoms with Crippen molar-refractivity contribution in [3.05, 3.63) is 66.0 Å². The molecule has 1 N–H and O–H groups in total. The molecule has 9 nitrogen and oxygen atoms in total. The van der Waals surface area contributed by atoms with Gasteiger partial charge in [-0.25, -0.2) is 15.0 Å². The smallest absolute Gasteiger partial charge is 0.321 e. The molecular weight excluding hydrogens is 394 g/mol. The van der Waals surface area contributed by atoms with Crippen LogP contribution in [-0.4, -0.2) is 68.9 Å². The van der Waals surface area contributed by atoms with Crippen molar-refractivity contribution in [3.63, 3.8) is 0 Å². The third-order valence-corrected chi connectivity index (χ3v) is 5.11. The van der Waals surface area contributed by atoms with Crippen molar-refractivity contribution in [2.75, 3.05) is 38.5 Å². The summed E-state index contributed by atoms with van der Waals surface area (Å²) in [5.74, 6) is 0.238. The number of nitrogens with zero attached hydrogens (tertiary/aromatic N) is 6. The molecule has 0 bridgehead atoms. The lowest BCUT2D eigenvalue weighted by molar-refractivity contribution is 0.102. The van der Waals surface area contributed by atoms with E-state index in [1.165, 1.54) is 6.20 Å². The summed E-state index contributed by atoms with van der Waals surface area (Å²) in [6, 6.07) is 7.36. The molecule has 3 aromatic rings. The fourth-order valence-corrected chi connectivity index (χ4v) is 3.21. The van der Waals surface area contributed by atoms with E-state index in [0.717, 1.165) is 44.0 Å². The molecule has 1 aliphatic rings. The second kappa shape index (κ2) is 9.59. The van der Waals surface area contributed by atoms with Gasteiger partial charge in [-0.1, -0.05) is 6.07 Å². The van der Waals surface area contributed by atoms with Gasteiger partial charge in [0.1, 0.15) is 11.4 Å². The van der Waals surface area contributed by atoms with E-state index in [1.807, 2.05) is 13.0 Å². The summed E-state index contributed by atoms with van der Waals surface area (Å²) in [6.07, 6.45) is 6.40. The molecule has 0 radical (unpaired) electrons. The van der Waals surface area contributed by atoms with Crippen molar-refractivity contribution < 1.29 is 9.53 Å². The van der Waals surface area contributed by atoms with Crippen LogP contribution in [0, 0.1) is 6.92 Å². The highest BCUT2D eigenvalue weighted by Gasteiger charge is 2.15. The summed E-state index contributed by atoms with van der Waals surface area (Å²) in [7, 11) is 2.13. The number of likely N-dealkylation sites (N-methyl/N-ethyl adjacent to an activating group) is 1. The molecule has 0 atom stereocenters. The Morgan fingerprint density at radius 2 is 1.84 bits per heavy atom. The molecule has 0 aliphatic carbocycles. The zero-order chi connectivity index (χ0) is 21.6. The van der Waals surface area contributed by atoms with Gasteiger partial charge in [-0.05, 0) is 31.7 Å². The second-order valence-electron chi connectivity index (χ2n) is 7.54. The van der Waals surface area contributed by atoms with Crippen LogP contribution in [0.1, 0.15) is 21.7 Å². The zero-order valence-corrected chi connectivity index (χ0v) is 17.7. The van der Waals surface area contributed by atoms with Crippen molar-refractivity contribution in [2.45, 2.75) is 13.5 Å². The Morgan fingerprint density at radius 1 is 1.06 bits per heavy atom. The molecule has 1 aromatic carbocycles. The summed E-state index contributed by atoms with van der Waals surface area (Å²) < 4.78 is 5.72. The summed E-state index contributed by atoms with van der Waals surface area (Å²) >= 11 is 0. The van der Waals surface area contributed by atoms with Gasteiger partial charge in [-0.15, -0.1) is 0 Å². The molecule has 1 amide bonds.